The Morgan fingerprint density at radius 1 is 1.37 bits per heavy atom. The van der Waals surface area contributed by atoms with Crippen molar-refractivity contribution in [3.63, 3.8) is 0 Å². The maximum absolute atomic E-state index is 13.8. The van der Waals surface area contributed by atoms with Gasteiger partial charge in [-0.15, -0.1) is 0 Å². The molecule has 4 heteroatoms. The number of hydrogen-bond acceptors (Lipinski definition) is 2. The SMILES string of the molecule is CCCN1CCC(O)(Cc2ccc(Cl)cc2F)CC1. The van der Waals surface area contributed by atoms with Crippen molar-refractivity contribution < 1.29 is 9.50 Å². The number of benzene rings is 1. The largest absolute Gasteiger partial charge is 0.389 e. The van der Waals surface area contributed by atoms with Crippen LogP contribution in [-0.4, -0.2) is 35.2 Å². The van der Waals surface area contributed by atoms with Crippen molar-refractivity contribution in [2.24, 2.45) is 0 Å². The van der Waals surface area contributed by atoms with Crippen LogP contribution in [-0.2, 0) is 6.42 Å². The summed E-state index contributed by atoms with van der Waals surface area (Å²) in [5.74, 6) is -0.322. The smallest absolute Gasteiger partial charge is 0.127 e. The Balaban J connectivity index is 1.99. The third-order valence-corrected chi connectivity index (χ3v) is 4.10. The topological polar surface area (TPSA) is 23.5 Å². The summed E-state index contributed by atoms with van der Waals surface area (Å²) in [5, 5.41) is 11.0. The van der Waals surface area contributed by atoms with Gasteiger partial charge >= 0.3 is 0 Å². The van der Waals surface area contributed by atoms with E-state index in [0.717, 1.165) is 26.1 Å². The Bertz CT molecular complexity index is 430. The first-order chi connectivity index (χ1) is 9.02. The van der Waals surface area contributed by atoms with E-state index in [2.05, 4.69) is 11.8 Å². The Morgan fingerprint density at radius 2 is 2.05 bits per heavy atom. The predicted octanol–water partition coefficient (Wildman–Crippen LogP) is 3.26. The highest BCUT2D eigenvalue weighted by atomic mass is 35.5. The van der Waals surface area contributed by atoms with E-state index in [1.165, 1.54) is 6.07 Å². The van der Waals surface area contributed by atoms with Crippen LogP contribution in [0.5, 0.6) is 0 Å². The van der Waals surface area contributed by atoms with Crippen LogP contribution in [0.3, 0.4) is 0 Å². The second-order valence-electron chi connectivity index (χ2n) is 5.48. The first kappa shape index (κ1) is 14.8. The number of aliphatic hydroxyl groups is 1. The standard InChI is InChI=1S/C15H21ClFNO/c1-2-7-18-8-5-15(19,6-9-18)11-12-3-4-13(16)10-14(12)17/h3-4,10,19H,2,5-9,11H2,1H3. The quantitative estimate of drug-likeness (QED) is 0.918. The maximum Gasteiger partial charge on any atom is 0.127 e. The second-order valence-corrected chi connectivity index (χ2v) is 5.91. The molecule has 0 saturated carbocycles. The number of halogens is 2. The highest BCUT2D eigenvalue weighted by Gasteiger charge is 2.32. The predicted molar refractivity (Wildman–Crippen MR) is 76.0 cm³/mol. The summed E-state index contributed by atoms with van der Waals surface area (Å²) in [6.45, 7) is 5.01. The maximum atomic E-state index is 13.8. The molecule has 1 N–H and O–H groups in total. The van der Waals surface area contributed by atoms with E-state index in [-0.39, 0.29) is 5.82 Å². The van der Waals surface area contributed by atoms with Gasteiger partial charge in [-0.2, -0.15) is 0 Å². The zero-order valence-electron chi connectivity index (χ0n) is 11.3. The Morgan fingerprint density at radius 3 is 2.63 bits per heavy atom. The third-order valence-electron chi connectivity index (χ3n) is 3.86. The van der Waals surface area contributed by atoms with E-state index in [0.29, 0.717) is 29.8 Å². The number of likely N-dealkylation sites (tertiary alicyclic amines) is 1. The zero-order chi connectivity index (χ0) is 13.9. The zero-order valence-corrected chi connectivity index (χ0v) is 12.1. The van der Waals surface area contributed by atoms with Crippen molar-refractivity contribution in [1.82, 2.24) is 4.90 Å². The van der Waals surface area contributed by atoms with E-state index in [4.69, 9.17) is 11.6 Å². The minimum Gasteiger partial charge on any atom is -0.389 e. The van der Waals surface area contributed by atoms with E-state index >= 15 is 0 Å². The molecule has 0 amide bonds. The number of nitrogens with zero attached hydrogens (tertiary/aromatic N) is 1. The summed E-state index contributed by atoms with van der Waals surface area (Å²) < 4.78 is 13.8. The fraction of sp³-hybridized carbons (Fsp3) is 0.600. The molecule has 0 bridgehead atoms. The van der Waals surface area contributed by atoms with E-state index < -0.39 is 5.60 Å². The molecule has 0 spiro atoms. The molecule has 0 radical (unpaired) electrons. The molecule has 2 rings (SSSR count). The number of rotatable bonds is 4. The van der Waals surface area contributed by atoms with Gasteiger partial charge in [0, 0.05) is 24.5 Å². The lowest BCUT2D eigenvalue weighted by molar-refractivity contribution is -0.0210. The van der Waals surface area contributed by atoms with Crippen LogP contribution < -0.4 is 0 Å². The average Bonchev–Trinajstić information content (AvgIpc) is 2.36. The van der Waals surface area contributed by atoms with Crippen LogP contribution >= 0.6 is 11.6 Å². The summed E-state index contributed by atoms with van der Waals surface area (Å²) in [7, 11) is 0. The van der Waals surface area contributed by atoms with Crippen LogP contribution in [0.4, 0.5) is 4.39 Å². The molecule has 2 nitrogen and oxygen atoms in total. The van der Waals surface area contributed by atoms with Gasteiger partial charge in [-0.25, -0.2) is 4.39 Å². The highest BCUT2D eigenvalue weighted by Crippen LogP contribution is 2.28. The molecule has 0 aromatic heterocycles. The highest BCUT2D eigenvalue weighted by molar-refractivity contribution is 6.30. The molecular formula is C15H21ClFNO. The molecule has 1 heterocycles. The number of hydrogen-bond donors (Lipinski definition) is 1. The van der Waals surface area contributed by atoms with Gasteiger partial charge in [0.05, 0.1) is 5.60 Å². The van der Waals surface area contributed by atoms with Crippen molar-refractivity contribution in [1.29, 1.82) is 0 Å². The van der Waals surface area contributed by atoms with Crippen molar-refractivity contribution >= 4 is 11.6 Å². The molecule has 0 atom stereocenters. The first-order valence-electron chi connectivity index (χ1n) is 6.91. The van der Waals surface area contributed by atoms with Crippen molar-refractivity contribution in [2.45, 2.75) is 38.2 Å². The molecule has 1 aromatic rings. The summed E-state index contributed by atoms with van der Waals surface area (Å²) >= 11 is 5.74. The lowest BCUT2D eigenvalue weighted by Crippen LogP contribution is -2.45. The van der Waals surface area contributed by atoms with Gasteiger partial charge in [-0.1, -0.05) is 24.6 Å². The van der Waals surface area contributed by atoms with Gasteiger partial charge in [-0.05, 0) is 43.5 Å². The molecule has 19 heavy (non-hydrogen) atoms. The average molecular weight is 286 g/mol. The molecule has 1 fully saturated rings. The van der Waals surface area contributed by atoms with Crippen LogP contribution in [0.1, 0.15) is 31.7 Å². The molecule has 1 aromatic carbocycles. The summed E-state index contributed by atoms with van der Waals surface area (Å²) in [6.07, 6.45) is 2.91. The molecular weight excluding hydrogens is 265 g/mol. The molecule has 0 aliphatic carbocycles. The Hall–Kier alpha value is -0.640. The van der Waals surface area contributed by atoms with Crippen LogP contribution in [0.15, 0.2) is 18.2 Å². The van der Waals surface area contributed by atoms with Crippen molar-refractivity contribution in [3.8, 4) is 0 Å². The molecule has 1 aliphatic heterocycles. The number of piperidine rings is 1. The van der Waals surface area contributed by atoms with Crippen molar-refractivity contribution in [2.75, 3.05) is 19.6 Å². The third kappa shape index (κ3) is 3.91. The van der Waals surface area contributed by atoms with Gasteiger partial charge in [0.2, 0.25) is 0 Å². The summed E-state index contributed by atoms with van der Waals surface area (Å²) in [5.41, 5.74) is -0.227. The molecule has 1 aliphatic rings. The van der Waals surface area contributed by atoms with Gasteiger partial charge < -0.3 is 10.0 Å². The van der Waals surface area contributed by atoms with E-state index in [9.17, 15) is 9.50 Å². The minimum absolute atomic E-state index is 0.322. The Kier molecular flexibility index (Phi) is 4.82. The second kappa shape index (κ2) is 6.21. The fourth-order valence-electron chi connectivity index (χ4n) is 2.71. The summed E-state index contributed by atoms with van der Waals surface area (Å²) in [6, 6.07) is 4.66. The molecule has 106 valence electrons. The van der Waals surface area contributed by atoms with Gasteiger partial charge in [0.15, 0.2) is 0 Å². The van der Waals surface area contributed by atoms with Gasteiger partial charge in [0.1, 0.15) is 5.82 Å². The van der Waals surface area contributed by atoms with Gasteiger partial charge in [0.25, 0.3) is 0 Å². The van der Waals surface area contributed by atoms with Crippen LogP contribution in [0.25, 0.3) is 0 Å². The van der Waals surface area contributed by atoms with E-state index in [1.807, 2.05) is 0 Å². The van der Waals surface area contributed by atoms with Crippen molar-refractivity contribution in [3.05, 3.63) is 34.6 Å². The minimum atomic E-state index is -0.779. The van der Waals surface area contributed by atoms with E-state index in [1.54, 1.807) is 12.1 Å². The normalized spacial score (nSPS) is 19.6. The molecule has 1 saturated heterocycles. The van der Waals surface area contributed by atoms with Crippen LogP contribution in [0, 0.1) is 5.82 Å². The monoisotopic (exact) mass is 285 g/mol. The summed E-state index contributed by atoms with van der Waals surface area (Å²) in [4.78, 5) is 2.35. The lowest BCUT2D eigenvalue weighted by atomic mass is 9.85. The molecule has 0 unspecified atom stereocenters. The first-order valence-corrected chi connectivity index (χ1v) is 7.29. The van der Waals surface area contributed by atoms with Crippen LogP contribution in [0.2, 0.25) is 5.02 Å². The Labute approximate surface area is 119 Å². The lowest BCUT2D eigenvalue weighted by Gasteiger charge is -2.38. The van der Waals surface area contributed by atoms with Gasteiger partial charge in [-0.3, -0.25) is 0 Å². The fourth-order valence-corrected chi connectivity index (χ4v) is 2.86.